The Labute approximate surface area is 350 Å². The first-order valence-corrected chi connectivity index (χ1v) is 20.5. The molecule has 0 aromatic heterocycles. The molecule has 4 rings (SSSR count). The summed E-state index contributed by atoms with van der Waals surface area (Å²) in [6, 6.07) is 7.31. The van der Waals surface area contributed by atoms with Gasteiger partial charge in [0.2, 0.25) is 17.7 Å². The van der Waals surface area contributed by atoms with E-state index in [4.69, 9.17) is 26.7 Å². The summed E-state index contributed by atoms with van der Waals surface area (Å²) in [7, 11) is 1.33. The van der Waals surface area contributed by atoms with Crippen molar-refractivity contribution in [3.05, 3.63) is 82.4 Å². The van der Waals surface area contributed by atoms with Gasteiger partial charge >= 0.3 is 0 Å². The molecule has 3 aromatic rings. The third-order valence-corrected chi connectivity index (χ3v) is 10.3. The zero-order chi connectivity index (χ0) is 43.9. The van der Waals surface area contributed by atoms with E-state index < -0.39 is 65.0 Å². The van der Waals surface area contributed by atoms with Crippen LogP contribution in [0.4, 0.5) is 8.78 Å². The van der Waals surface area contributed by atoms with Crippen molar-refractivity contribution in [1.29, 1.82) is 0 Å². The molecule has 0 spiro atoms. The molecule has 0 saturated heterocycles. The lowest BCUT2D eigenvalue weighted by Crippen LogP contribution is -2.55. The summed E-state index contributed by atoms with van der Waals surface area (Å²) < 4.78 is 42.8. The van der Waals surface area contributed by atoms with Crippen molar-refractivity contribution < 1.29 is 42.2 Å². The number of nitrogens with zero attached hydrogens (tertiary/aromatic N) is 1. The van der Waals surface area contributed by atoms with Crippen molar-refractivity contribution in [3.8, 4) is 22.6 Å². The highest BCUT2D eigenvalue weighted by Gasteiger charge is 2.36. The van der Waals surface area contributed by atoms with E-state index in [1.807, 2.05) is 0 Å². The van der Waals surface area contributed by atoms with E-state index in [-0.39, 0.29) is 57.0 Å². The number of Topliss-reactive ketones (excluding diaryl/α,β-unsaturated/α-hetero) is 1. The normalized spacial score (nSPS) is 17.1. The Morgan fingerprint density at radius 3 is 2.07 bits per heavy atom. The van der Waals surface area contributed by atoms with Crippen LogP contribution < -0.4 is 42.6 Å². The Balaban J connectivity index is 1.79. The summed E-state index contributed by atoms with van der Waals surface area (Å²) in [5.74, 6) is -5.13. The fourth-order valence-corrected chi connectivity index (χ4v) is 7.12. The first kappa shape index (κ1) is 47.2. The van der Waals surface area contributed by atoms with Crippen molar-refractivity contribution in [3.63, 3.8) is 0 Å². The first-order valence-electron chi connectivity index (χ1n) is 20.5. The van der Waals surface area contributed by atoms with Crippen LogP contribution >= 0.6 is 0 Å². The standard InChI is InChI=1S/C44H59F2N7O7/c1-5-6-7-8-9-10-28-22-33(45)39(34(46)23-28)42(56)51-35(15-16-47)44(58)53(4)40-30-12-14-38(60-20-18-49)32(25-30)31-21-29(11-13-37(31)59-19-17-48)24-36(27(3)54)52-41(55)26(2)50-43(40)57/h11-14,21-23,25-26,35-36,40H,5-10,15-20,24,47-49H2,1-4H3,(H,50,57)(H,51,56)(H,52,55)/t26-,35-,36-,40-/m0/s1. The van der Waals surface area contributed by atoms with Crippen LogP contribution in [0.25, 0.3) is 11.1 Å². The maximum atomic E-state index is 15.4. The Kier molecular flexibility index (Phi) is 17.9. The second-order valence-electron chi connectivity index (χ2n) is 15.0. The number of hydrogen-bond acceptors (Lipinski definition) is 10. The van der Waals surface area contributed by atoms with Crippen molar-refractivity contribution >= 4 is 29.4 Å². The molecule has 4 bridgehead atoms. The molecular weight excluding hydrogens is 777 g/mol. The molecule has 1 aliphatic heterocycles. The van der Waals surface area contributed by atoms with Crippen molar-refractivity contribution in [2.45, 2.75) is 96.3 Å². The van der Waals surface area contributed by atoms with Gasteiger partial charge in [0.15, 0.2) is 5.78 Å². The summed E-state index contributed by atoms with van der Waals surface area (Å²) >= 11 is 0. The Bertz CT molecular complexity index is 1970. The quantitative estimate of drug-likeness (QED) is 0.0964. The van der Waals surface area contributed by atoms with Gasteiger partial charge in [-0.15, -0.1) is 0 Å². The van der Waals surface area contributed by atoms with E-state index >= 15 is 8.78 Å². The van der Waals surface area contributed by atoms with Crippen LogP contribution in [-0.4, -0.2) is 92.3 Å². The number of ketones is 1. The molecule has 326 valence electrons. The highest BCUT2D eigenvalue weighted by atomic mass is 19.1. The molecule has 0 radical (unpaired) electrons. The van der Waals surface area contributed by atoms with Gasteiger partial charge in [-0.25, -0.2) is 8.78 Å². The average Bonchev–Trinajstić information content (AvgIpc) is 3.21. The van der Waals surface area contributed by atoms with Gasteiger partial charge < -0.3 is 47.5 Å². The lowest BCUT2D eigenvalue weighted by Gasteiger charge is -2.32. The molecular formula is C44H59F2N7O7. The fourth-order valence-electron chi connectivity index (χ4n) is 7.12. The van der Waals surface area contributed by atoms with E-state index in [0.717, 1.165) is 49.1 Å². The van der Waals surface area contributed by atoms with Gasteiger partial charge in [-0.3, -0.25) is 24.0 Å². The molecule has 1 heterocycles. The third kappa shape index (κ3) is 12.3. The zero-order valence-electron chi connectivity index (χ0n) is 34.9. The minimum Gasteiger partial charge on any atom is -0.492 e. The summed E-state index contributed by atoms with van der Waals surface area (Å²) in [4.78, 5) is 69.6. The number of amides is 4. The molecule has 0 saturated carbocycles. The summed E-state index contributed by atoms with van der Waals surface area (Å²) in [5.41, 5.74) is 18.9. The molecule has 9 N–H and O–H groups in total. The molecule has 60 heavy (non-hydrogen) atoms. The van der Waals surface area contributed by atoms with Gasteiger partial charge in [-0.05, 0) is 99.2 Å². The highest BCUT2D eigenvalue weighted by Crippen LogP contribution is 2.40. The van der Waals surface area contributed by atoms with Crippen LogP contribution in [-0.2, 0) is 32.0 Å². The van der Waals surface area contributed by atoms with Crippen LogP contribution in [0.15, 0.2) is 48.5 Å². The number of aryl methyl sites for hydroxylation is 1. The number of unbranched alkanes of at least 4 members (excludes halogenated alkanes) is 4. The largest absolute Gasteiger partial charge is 0.492 e. The molecule has 14 nitrogen and oxygen atoms in total. The van der Waals surface area contributed by atoms with Crippen LogP contribution in [0, 0.1) is 11.6 Å². The van der Waals surface area contributed by atoms with Gasteiger partial charge in [0, 0.05) is 31.3 Å². The molecule has 1 aliphatic rings. The first-order chi connectivity index (χ1) is 28.7. The zero-order valence-corrected chi connectivity index (χ0v) is 34.9. The molecule has 0 fully saturated rings. The van der Waals surface area contributed by atoms with Gasteiger partial charge in [-0.1, -0.05) is 44.7 Å². The second-order valence-corrected chi connectivity index (χ2v) is 15.0. The van der Waals surface area contributed by atoms with E-state index in [1.54, 1.807) is 36.4 Å². The molecule has 0 aliphatic carbocycles. The summed E-state index contributed by atoms with van der Waals surface area (Å²) in [6.45, 7) is 5.44. The van der Waals surface area contributed by atoms with Gasteiger partial charge in [0.1, 0.15) is 60.0 Å². The van der Waals surface area contributed by atoms with E-state index in [2.05, 4.69) is 22.9 Å². The number of carbonyl (C=O) groups is 5. The van der Waals surface area contributed by atoms with E-state index in [9.17, 15) is 24.0 Å². The highest BCUT2D eigenvalue weighted by molar-refractivity contribution is 5.99. The van der Waals surface area contributed by atoms with Gasteiger partial charge in [0.25, 0.3) is 5.91 Å². The number of hydrogen-bond donors (Lipinski definition) is 6. The Morgan fingerprint density at radius 1 is 0.850 bits per heavy atom. The van der Waals surface area contributed by atoms with Crippen molar-refractivity contribution in [2.75, 3.05) is 39.9 Å². The Hall–Kier alpha value is -5.45. The fraction of sp³-hybridized carbons (Fsp3) is 0.477. The third-order valence-electron chi connectivity index (χ3n) is 10.3. The number of benzene rings is 3. The molecule has 16 heteroatoms. The summed E-state index contributed by atoms with van der Waals surface area (Å²) in [6.07, 6.45) is 5.20. The van der Waals surface area contributed by atoms with Crippen molar-refractivity contribution in [2.24, 2.45) is 17.2 Å². The van der Waals surface area contributed by atoms with Gasteiger partial charge in [0.05, 0.1) is 6.04 Å². The number of likely N-dealkylation sites (N-methyl/N-ethyl adjacent to an activating group) is 1. The van der Waals surface area contributed by atoms with Crippen LogP contribution in [0.5, 0.6) is 11.5 Å². The lowest BCUT2D eigenvalue weighted by molar-refractivity contribution is -0.141. The van der Waals surface area contributed by atoms with E-state index in [1.165, 1.54) is 20.9 Å². The minimum atomic E-state index is -1.46. The number of rotatable bonds is 19. The number of ether oxygens (including phenoxy) is 2. The molecule has 4 amide bonds. The molecule has 3 aromatic carbocycles. The second kappa shape index (κ2) is 22.8. The van der Waals surface area contributed by atoms with Crippen molar-refractivity contribution in [1.82, 2.24) is 20.9 Å². The molecule has 4 atom stereocenters. The minimum absolute atomic E-state index is 0.114. The van der Waals surface area contributed by atoms with Gasteiger partial charge in [-0.2, -0.15) is 0 Å². The Morgan fingerprint density at radius 2 is 1.47 bits per heavy atom. The number of nitrogens with two attached hydrogens (primary N) is 3. The SMILES string of the molecule is CCCCCCCc1cc(F)c(C(=O)N[C@@H](CCN)C(=O)N(C)[C@@H]2C(=O)N[C@@H](C)C(=O)N[C@H](C(C)=O)Cc3ccc(OCCN)c(c3)-c3cc2ccc3OCCN)c(F)c1. The summed E-state index contributed by atoms with van der Waals surface area (Å²) in [5, 5.41) is 7.83. The maximum Gasteiger partial charge on any atom is 0.257 e. The predicted octanol–water partition coefficient (Wildman–Crippen LogP) is 3.60. The maximum absolute atomic E-state index is 15.4. The monoisotopic (exact) mass is 835 g/mol. The number of carbonyl (C=O) groups excluding carboxylic acids is 5. The number of fused-ring (bicyclic) bond motifs is 5. The van der Waals surface area contributed by atoms with Crippen LogP contribution in [0.3, 0.4) is 0 Å². The smallest absolute Gasteiger partial charge is 0.257 e. The van der Waals surface area contributed by atoms with E-state index in [0.29, 0.717) is 40.2 Å². The van der Waals surface area contributed by atoms with Crippen LogP contribution in [0.1, 0.15) is 92.4 Å². The topological polar surface area (TPSA) is 221 Å². The average molecular weight is 836 g/mol. The number of halogens is 2. The molecule has 0 unspecified atom stereocenters. The lowest BCUT2D eigenvalue weighted by atomic mass is 9.93. The van der Waals surface area contributed by atoms with Crippen LogP contribution in [0.2, 0.25) is 0 Å². The number of nitrogens with one attached hydrogen (secondary N) is 3. The predicted molar refractivity (Wildman–Crippen MR) is 224 cm³/mol.